The van der Waals surface area contributed by atoms with Crippen molar-refractivity contribution >= 4 is 27.3 Å². The summed E-state index contributed by atoms with van der Waals surface area (Å²) in [4.78, 5) is 15.2. The van der Waals surface area contributed by atoms with E-state index in [4.69, 9.17) is 10.2 Å². The van der Waals surface area contributed by atoms with Crippen molar-refractivity contribution < 1.29 is 32.2 Å². The number of aliphatic hydroxyl groups is 1. The average Bonchev–Trinajstić information content (AvgIpc) is 3.80. The number of nitrogens with two attached hydrogens (primary N) is 1. The van der Waals surface area contributed by atoms with E-state index in [0.717, 1.165) is 42.0 Å². The molecule has 216 valence electrons. The average molecular weight is 611 g/mol. The first-order valence-corrected chi connectivity index (χ1v) is 15.5. The van der Waals surface area contributed by atoms with Gasteiger partial charge in [0, 0.05) is 22.9 Å². The molecular formula is C29H24F2N4O5S2. The molecule has 4 N–H and O–H groups in total. The van der Waals surface area contributed by atoms with Crippen molar-refractivity contribution in [3.63, 3.8) is 0 Å². The van der Waals surface area contributed by atoms with Gasteiger partial charge in [-0.05, 0) is 73.9 Å². The molecule has 2 aromatic carbocycles. The zero-order valence-corrected chi connectivity index (χ0v) is 23.6. The lowest BCUT2D eigenvalue weighted by atomic mass is 9.96. The summed E-state index contributed by atoms with van der Waals surface area (Å²) < 4.78 is 54.6. The molecule has 0 radical (unpaired) electrons. The van der Waals surface area contributed by atoms with Crippen LogP contribution in [0.3, 0.4) is 0 Å². The lowest BCUT2D eigenvalue weighted by Crippen LogP contribution is -2.14. The van der Waals surface area contributed by atoms with E-state index in [1.165, 1.54) is 23.6 Å². The maximum Gasteiger partial charge on any atom is 0.355 e. The van der Waals surface area contributed by atoms with E-state index in [0.29, 0.717) is 52.7 Å². The van der Waals surface area contributed by atoms with Crippen LogP contribution in [0, 0.1) is 29.4 Å². The molecule has 2 heterocycles. The lowest BCUT2D eigenvalue weighted by molar-refractivity contribution is 0.0691. The number of sulfonamides is 1. The Kier molecular flexibility index (Phi) is 6.97. The van der Waals surface area contributed by atoms with E-state index >= 15 is 0 Å². The minimum atomic E-state index is -4.26. The number of nitrogens with zero attached hydrogens (tertiary/aromatic N) is 3. The van der Waals surface area contributed by atoms with Crippen LogP contribution in [0.15, 0.2) is 46.7 Å². The SMILES string of the molecule is NS(=O)(=O)c1ccc(Cc2c(-c3ccc(F)c(C#CC4(O)CC4)c3)nn(-c3nc(C(=O)O)cs3)c2CC2CC2)cc1F. The highest BCUT2D eigenvalue weighted by Gasteiger charge is 2.38. The third kappa shape index (κ3) is 5.84. The molecule has 2 saturated carbocycles. The maximum atomic E-state index is 14.8. The Bertz CT molecular complexity index is 1920. The number of hydrogen-bond donors (Lipinski definition) is 3. The number of carboxylic acids is 1. The van der Waals surface area contributed by atoms with Crippen molar-refractivity contribution in [1.29, 1.82) is 0 Å². The van der Waals surface area contributed by atoms with Crippen molar-refractivity contribution in [2.45, 2.75) is 49.0 Å². The fourth-order valence-electron chi connectivity index (χ4n) is 4.61. The first kappa shape index (κ1) is 28.2. The quantitative estimate of drug-likeness (QED) is 0.255. The zero-order chi connectivity index (χ0) is 29.8. The van der Waals surface area contributed by atoms with Gasteiger partial charge in [0.1, 0.15) is 22.1 Å². The second-order valence-corrected chi connectivity index (χ2v) is 13.0. The topological polar surface area (TPSA) is 148 Å². The van der Waals surface area contributed by atoms with E-state index in [1.807, 2.05) is 0 Å². The monoisotopic (exact) mass is 610 g/mol. The van der Waals surface area contributed by atoms with Gasteiger partial charge in [-0.1, -0.05) is 17.9 Å². The van der Waals surface area contributed by atoms with E-state index < -0.39 is 38.1 Å². The third-order valence-electron chi connectivity index (χ3n) is 7.24. The molecule has 2 aliphatic rings. The molecule has 2 aromatic heterocycles. The molecule has 0 aliphatic heterocycles. The molecule has 4 aromatic rings. The summed E-state index contributed by atoms with van der Waals surface area (Å²) in [6.07, 6.45) is 3.75. The highest BCUT2D eigenvalue weighted by atomic mass is 32.2. The summed E-state index contributed by atoms with van der Waals surface area (Å²) in [7, 11) is -4.26. The maximum absolute atomic E-state index is 14.8. The molecule has 42 heavy (non-hydrogen) atoms. The van der Waals surface area contributed by atoms with Crippen LogP contribution in [-0.4, -0.2) is 45.0 Å². The second kappa shape index (κ2) is 10.4. The molecule has 0 saturated heterocycles. The number of benzene rings is 2. The molecule has 6 rings (SSSR count). The Morgan fingerprint density at radius 2 is 1.93 bits per heavy atom. The van der Waals surface area contributed by atoms with Crippen LogP contribution >= 0.6 is 11.3 Å². The number of primary sulfonamides is 1. The Morgan fingerprint density at radius 3 is 2.55 bits per heavy atom. The zero-order valence-electron chi connectivity index (χ0n) is 22.0. The number of halogens is 2. The Labute approximate surface area is 243 Å². The molecule has 0 atom stereocenters. The number of rotatable bonds is 8. The summed E-state index contributed by atoms with van der Waals surface area (Å²) >= 11 is 1.10. The first-order valence-electron chi connectivity index (χ1n) is 13.1. The van der Waals surface area contributed by atoms with Gasteiger partial charge in [0.2, 0.25) is 15.2 Å². The van der Waals surface area contributed by atoms with Crippen LogP contribution < -0.4 is 5.14 Å². The van der Waals surface area contributed by atoms with Gasteiger partial charge in [-0.2, -0.15) is 5.10 Å². The Hall–Kier alpha value is -3.96. The second-order valence-electron chi connectivity index (χ2n) is 10.6. The molecular weight excluding hydrogens is 586 g/mol. The summed E-state index contributed by atoms with van der Waals surface area (Å²) in [6, 6.07) is 8.00. The van der Waals surface area contributed by atoms with Crippen LogP contribution in [0.25, 0.3) is 16.4 Å². The van der Waals surface area contributed by atoms with E-state index in [2.05, 4.69) is 16.8 Å². The molecule has 9 nitrogen and oxygen atoms in total. The van der Waals surface area contributed by atoms with Crippen molar-refractivity contribution in [1.82, 2.24) is 14.8 Å². The third-order valence-corrected chi connectivity index (χ3v) is 9.00. The van der Waals surface area contributed by atoms with Crippen LogP contribution in [-0.2, 0) is 22.9 Å². The fourth-order valence-corrected chi connectivity index (χ4v) is 5.97. The van der Waals surface area contributed by atoms with E-state index in [-0.39, 0.29) is 17.7 Å². The van der Waals surface area contributed by atoms with Gasteiger partial charge in [0.25, 0.3) is 0 Å². The van der Waals surface area contributed by atoms with Crippen LogP contribution in [0.2, 0.25) is 0 Å². The molecule has 2 aliphatic carbocycles. The van der Waals surface area contributed by atoms with E-state index in [9.17, 15) is 32.2 Å². The van der Waals surface area contributed by atoms with Gasteiger partial charge in [-0.3, -0.25) is 0 Å². The van der Waals surface area contributed by atoms with Crippen LogP contribution in [0.5, 0.6) is 0 Å². The van der Waals surface area contributed by atoms with Crippen LogP contribution in [0.4, 0.5) is 8.78 Å². The summed E-state index contributed by atoms with van der Waals surface area (Å²) in [5.74, 6) is 3.06. The molecule has 13 heteroatoms. The summed E-state index contributed by atoms with van der Waals surface area (Å²) in [5, 5.41) is 31.2. The molecule has 2 fully saturated rings. The highest BCUT2D eigenvalue weighted by molar-refractivity contribution is 7.89. The molecule has 0 unspecified atom stereocenters. The predicted molar refractivity (Wildman–Crippen MR) is 150 cm³/mol. The molecule has 0 spiro atoms. The number of thiazole rings is 1. The Balaban J connectivity index is 1.51. The minimum Gasteiger partial charge on any atom is -0.476 e. The van der Waals surface area contributed by atoms with Gasteiger partial charge < -0.3 is 10.2 Å². The van der Waals surface area contributed by atoms with Crippen LogP contribution in [0.1, 0.15) is 58.6 Å². The van der Waals surface area contributed by atoms with Gasteiger partial charge in [-0.25, -0.2) is 36.8 Å². The number of carboxylic acid groups (broad SMARTS) is 1. The fraction of sp³-hybridized carbons (Fsp3) is 0.276. The number of hydrogen-bond acceptors (Lipinski definition) is 7. The predicted octanol–water partition coefficient (Wildman–Crippen LogP) is 4.04. The highest BCUT2D eigenvalue weighted by Crippen LogP contribution is 2.39. The Morgan fingerprint density at radius 1 is 1.17 bits per heavy atom. The van der Waals surface area contributed by atoms with Gasteiger partial charge in [0.05, 0.1) is 17.0 Å². The standard InChI is InChI=1S/C29H24F2N4O5S2/c30-21-5-4-19(14-18(21)7-8-29(38)9-10-29)26-20(11-17-3-6-25(22(31)12-17)42(32,39)40)24(13-16-1-2-16)35(34-26)28-33-23(15-41-28)27(36)37/h3-6,12,14-16,38H,1-2,9-11,13H2,(H,36,37)(H2,32,39,40). The van der Waals surface area contributed by atoms with Crippen molar-refractivity contribution in [2.24, 2.45) is 11.1 Å². The minimum absolute atomic E-state index is 0.0722. The smallest absolute Gasteiger partial charge is 0.355 e. The van der Waals surface area contributed by atoms with Crippen molar-refractivity contribution in [3.8, 4) is 28.2 Å². The molecule has 0 bridgehead atoms. The summed E-state index contributed by atoms with van der Waals surface area (Å²) in [5.41, 5.74) is 1.62. The van der Waals surface area contributed by atoms with Crippen molar-refractivity contribution in [2.75, 3.05) is 0 Å². The largest absolute Gasteiger partial charge is 0.476 e. The van der Waals surface area contributed by atoms with Gasteiger partial charge in [-0.15, -0.1) is 11.3 Å². The van der Waals surface area contributed by atoms with Gasteiger partial charge in [0.15, 0.2) is 5.69 Å². The number of carbonyl (C=O) groups is 1. The number of aromatic carboxylic acids is 1. The normalized spacial score (nSPS) is 15.7. The lowest BCUT2D eigenvalue weighted by Gasteiger charge is -2.10. The molecule has 0 amide bonds. The number of aromatic nitrogens is 3. The first-order chi connectivity index (χ1) is 19.9. The van der Waals surface area contributed by atoms with E-state index in [1.54, 1.807) is 10.7 Å². The summed E-state index contributed by atoms with van der Waals surface area (Å²) in [6.45, 7) is 0. The van der Waals surface area contributed by atoms with Gasteiger partial charge >= 0.3 is 5.97 Å². The van der Waals surface area contributed by atoms with Crippen molar-refractivity contribution in [3.05, 3.63) is 81.5 Å².